The molecule has 104 valence electrons. The van der Waals surface area contributed by atoms with Crippen LogP contribution >= 0.6 is 0 Å². The normalized spacial score (nSPS) is 13.5. The first-order chi connectivity index (χ1) is 9.01. The Bertz CT molecular complexity index is 475. The number of hydrogen-bond acceptors (Lipinski definition) is 6. The van der Waals surface area contributed by atoms with Crippen LogP contribution in [0.5, 0.6) is 0 Å². The smallest absolute Gasteiger partial charge is 0.338 e. The average Bonchev–Trinajstić information content (AvgIpc) is 2.45. The monoisotopic (exact) mass is 266 g/mol. The van der Waals surface area contributed by atoms with Gasteiger partial charge in [-0.1, -0.05) is 0 Å². The number of nitrogens with zero attached hydrogens (tertiary/aromatic N) is 1. The lowest BCUT2D eigenvalue weighted by Gasteiger charge is -2.27. The Labute approximate surface area is 111 Å². The second-order valence-corrected chi connectivity index (χ2v) is 4.17. The number of pyridine rings is 1. The Morgan fingerprint density at radius 3 is 2.68 bits per heavy atom. The van der Waals surface area contributed by atoms with Gasteiger partial charge in [-0.2, -0.15) is 0 Å². The third-order valence-electron chi connectivity index (χ3n) is 2.96. The molecular formula is C13H18N2O4. The molecule has 0 spiro atoms. The van der Waals surface area contributed by atoms with Gasteiger partial charge in [-0.05, 0) is 19.9 Å². The van der Waals surface area contributed by atoms with E-state index in [4.69, 9.17) is 15.2 Å². The number of carbonyl (C=O) groups excluding carboxylic acids is 2. The molecule has 6 nitrogen and oxygen atoms in total. The first kappa shape index (κ1) is 15.1. The van der Waals surface area contributed by atoms with E-state index in [0.717, 1.165) is 0 Å². The molecule has 0 aromatic carbocycles. The fourth-order valence-electron chi connectivity index (χ4n) is 1.72. The molecule has 0 radical (unpaired) electrons. The zero-order valence-electron chi connectivity index (χ0n) is 11.3. The molecule has 1 aromatic heterocycles. The quantitative estimate of drug-likeness (QED) is 0.787. The maximum Gasteiger partial charge on any atom is 0.338 e. The van der Waals surface area contributed by atoms with E-state index < -0.39 is 17.4 Å². The molecule has 0 aliphatic heterocycles. The van der Waals surface area contributed by atoms with Crippen molar-refractivity contribution in [3.8, 4) is 0 Å². The second-order valence-electron chi connectivity index (χ2n) is 4.17. The van der Waals surface area contributed by atoms with E-state index in [1.807, 2.05) is 0 Å². The maximum atomic E-state index is 12.1. The maximum absolute atomic E-state index is 12.1. The number of esters is 2. The molecule has 1 aromatic rings. The van der Waals surface area contributed by atoms with Crippen molar-refractivity contribution in [1.82, 2.24) is 4.98 Å². The average molecular weight is 266 g/mol. The minimum absolute atomic E-state index is 0.00151. The summed E-state index contributed by atoms with van der Waals surface area (Å²) < 4.78 is 9.72. The molecule has 19 heavy (non-hydrogen) atoms. The number of nitrogens with two attached hydrogens (primary N) is 1. The van der Waals surface area contributed by atoms with Crippen molar-refractivity contribution >= 4 is 11.9 Å². The molecule has 2 N–H and O–H groups in total. The summed E-state index contributed by atoms with van der Waals surface area (Å²) in [4.78, 5) is 27.8. The van der Waals surface area contributed by atoms with Gasteiger partial charge in [0, 0.05) is 24.5 Å². The van der Waals surface area contributed by atoms with E-state index >= 15 is 0 Å². The van der Waals surface area contributed by atoms with Gasteiger partial charge in [0.1, 0.15) is 5.41 Å². The van der Waals surface area contributed by atoms with E-state index in [2.05, 4.69) is 4.98 Å². The molecule has 0 saturated heterocycles. The molecule has 0 aliphatic rings. The Morgan fingerprint density at radius 1 is 1.47 bits per heavy atom. The van der Waals surface area contributed by atoms with Crippen LogP contribution in [-0.2, 0) is 19.7 Å². The molecular weight excluding hydrogens is 248 g/mol. The highest BCUT2D eigenvalue weighted by molar-refractivity contribution is 5.94. The Kier molecular flexibility index (Phi) is 5.00. The number of carbonyl (C=O) groups is 2. The lowest BCUT2D eigenvalue weighted by Crippen LogP contribution is -2.42. The predicted molar refractivity (Wildman–Crippen MR) is 68.6 cm³/mol. The molecule has 1 atom stereocenters. The van der Waals surface area contributed by atoms with Crippen LogP contribution in [0.15, 0.2) is 18.5 Å². The number of rotatable bonds is 5. The van der Waals surface area contributed by atoms with Crippen LogP contribution < -0.4 is 5.73 Å². The van der Waals surface area contributed by atoms with Gasteiger partial charge in [0.25, 0.3) is 0 Å². The highest BCUT2D eigenvalue weighted by atomic mass is 16.5. The summed E-state index contributed by atoms with van der Waals surface area (Å²) in [5.41, 5.74) is 5.24. The van der Waals surface area contributed by atoms with Crippen molar-refractivity contribution in [2.45, 2.75) is 19.3 Å². The molecule has 6 heteroatoms. The lowest BCUT2D eigenvalue weighted by molar-refractivity contribution is -0.149. The summed E-state index contributed by atoms with van der Waals surface area (Å²) >= 11 is 0. The van der Waals surface area contributed by atoms with Gasteiger partial charge >= 0.3 is 11.9 Å². The summed E-state index contributed by atoms with van der Waals surface area (Å²) in [6.45, 7) is 3.57. The molecule has 0 saturated carbocycles. The van der Waals surface area contributed by atoms with Crippen LogP contribution in [0.2, 0.25) is 0 Å². The summed E-state index contributed by atoms with van der Waals surface area (Å²) in [6, 6.07) is 1.49. The molecule has 1 unspecified atom stereocenters. The van der Waals surface area contributed by atoms with Gasteiger partial charge in [-0.15, -0.1) is 0 Å². The minimum atomic E-state index is -1.13. The van der Waals surface area contributed by atoms with E-state index in [1.54, 1.807) is 13.8 Å². The molecule has 0 amide bonds. The van der Waals surface area contributed by atoms with Gasteiger partial charge < -0.3 is 15.2 Å². The fourth-order valence-corrected chi connectivity index (χ4v) is 1.72. The Balaban J connectivity index is 3.32. The van der Waals surface area contributed by atoms with Gasteiger partial charge in [0.2, 0.25) is 0 Å². The van der Waals surface area contributed by atoms with Crippen molar-refractivity contribution in [2.75, 3.05) is 20.3 Å². The van der Waals surface area contributed by atoms with E-state index in [0.29, 0.717) is 5.56 Å². The highest BCUT2D eigenvalue weighted by Crippen LogP contribution is 2.27. The molecule has 0 bridgehead atoms. The summed E-state index contributed by atoms with van der Waals surface area (Å²) in [5, 5.41) is 0. The summed E-state index contributed by atoms with van der Waals surface area (Å²) in [5.74, 6) is -1.03. The third kappa shape index (κ3) is 2.90. The van der Waals surface area contributed by atoms with Crippen molar-refractivity contribution < 1.29 is 19.1 Å². The summed E-state index contributed by atoms with van der Waals surface area (Å²) in [7, 11) is 1.27. The van der Waals surface area contributed by atoms with Gasteiger partial charge in [0.05, 0.1) is 19.3 Å². The standard InChI is InChI=1S/C13H18N2O4/c1-4-19-12(17)13(2,8-14)10-7-15-6-5-9(10)11(16)18-3/h5-7H,4,8,14H2,1-3H3. The zero-order chi connectivity index (χ0) is 14.5. The van der Waals surface area contributed by atoms with Crippen LogP contribution in [0.4, 0.5) is 0 Å². The lowest BCUT2D eigenvalue weighted by atomic mass is 9.81. The van der Waals surface area contributed by atoms with Crippen LogP contribution in [0.1, 0.15) is 29.8 Å². The van der Waals surface area contributed by atoms with Crippen molar-refractivity contribution in [1.29, 1.82) is 0 Å². The van der Waals surface area contributed by atoms with Crippen molar-refractivity contribution in [3.05, 3.63) is 29.6 Å². The molecule has 0 fully saturated rings. The van der Waals surface area contributed by atoms with Crippen molar-refractivity contribution in [2.24, 2.45) is 5.73 Å². The van der Waals surface area contributed by atoms with Crippen LogP contribution in [0.3, 0.4) is 0 Å². The number of methoxy groups -OCH3 is 1. The number of hydrogen-bond donors (Lipinski definition) is 1. The predicted octanol–water partition coefficient (Wildman–Crippen LogP) is 0.648. The Hall–Kier alpha value is -1.95. The Morgan fingerprint density at radius 2 is 2.16 bits per heavy atom. The fraction of sp³-hybridized carbons (Fsp3) is 0.462. The molecule has 0 aliphatic carbocycles. The second kappa shape index (κ2) is 6.29. The number of ether oxygens (including phenoxy) is 2. The van der Waals surface area contributed by atoms with Crippen LogP contribution in [-0.4, -0.2) is 37.2 Å². The van der Waals surface area contributed by atoms with Crippen molar-refractivity contribution in [3.63, 3.8) is 0 Å². The first-order valence-electron chi connectivity index (χ1n) is 5.91. The SMILES string of the molecule is CCOC(=O)C(C)(CN)c1cnccc1C(=O)OC. The topological polar surface area (TPSA) is 91.5 Å². The van der Waals surface area contributed by atoms with E-state index in [9.17, 15) is 9.59 Å². The van der Waals surface area contributed by atoms with Gasteiger partial charge in [-0.25, -0.2) is 4.79 Å². The van der Waals surface area contributed by atoms with E-state index in [1.165, 1.54) is 25.6 Å². The summed E-state index contributed by atoms with van der Waals surface area (Å²) in [6.07, 6.45) is 2.90. The highest BCUT2D eigenvalue weighted by Gasteiger charge is 2.38. The van der Waals surface area contributed by atoms with Gasteiger partial charge in [0.15, 0.2) is 0 Å². The van der Waals surface area contributed by atoms with Gasteiger partial charge in [-0.3, -0.25) is 9.78 Å². The zero-order valence-corrected chi connectivity index (χ0v) is 11.3. The molecule has 1 heterocycles. The number of aromatic nitrogens is 1. The first-order valence-corrected chi connectivity index (χ1v) is 5.91. The minimum Gasteiger partial charge on any atom is -0.465 e. The van der Waals surface area contributed by atoms with Crippen LogP contribution in [0.25, 0.3) is 0 Å². The largest absolute Gasteiger partial charge is 0.465 e. The van der Waals surface area contributed by atoms with Crippen LogP contribution in [0, 0.1) is 0 Å². The molecule has 1 rings (SSSR count). The van der Waals surface area contributed by atoms with E-state index in [-0.39, 0.29) is 18.7 Å². The third-order valence-corrected chi connectivity index (χ3v) is 2.96.